The van der Waals surface area contributed by atoms with Gasteiger partial charge in [-0.2, -0.15) is 4.72 Å². The van der Waals surface area contributed by atoms with Crippen molar-refractivity contribution in [2.24, 2.45) is 0 Å². The van der Waals surface area contributed by atoms with Gasteiger partial charge in [-0.15, -0.1) is 0 Å². The van der Waals surface area contributed by atoms with Crippen LogP contribution < -0.4 is 10.0 Å². The monoisotopic (exact) mass is 522 g/mol. The molecule has 11 heteroatoms. The van der Waals surface area contributed by atoms with Gasteiger partial charge < -0.3 is 15.3 Å². The first kappa shape index (κ1) is 25.8. The molecule has 2 fully saturated rings. The zero-order valence-corrected chi connectivity index (χ0v) is 21.3. The van der Waals surface area contributed by atoms with Crippen molar-refractivity contribution in [2.75, 3.05) is 19.6 Å². The van der Waals surface area contributed by atoms with Crippen molar-refractivity contribution < 1.29 is 23.1 Å². The molecule has 0 saturated carbocycles. The molecular formula is C24H31ClN4O5S. The van der Waals surface area contributed by atoms with Crippen molar-refractivity contribution in [3.8, 4) is 0 Å². The van der Waals surface area contributed by atoms with Crippen LogP contribution in [0.3, 0.4) is 0 Å². The maximum Gasteiger partial charge on any atom is 0.241 e. The molecule has 2 unspecified atom stereocenters. The fourth-order valence-corrected chi connectivity index (χ4v) is 6.39. The Balaban J connectivity index is 1.41. The highest BCUT2D eigenvalue weighted by Crippen LogP contribution is 2.25. The van der Waals surface area contributed by atoms with Gasteiger partial charge in [-0.1, -0.05) is 23.7 Å². The molecule has 4 rings (SSSR count). The zero-order valence-electron chi connectivity index (χ0n) is 19.8. The number of halogens is 1. The standard InChI is InChI=1S/C24H31ClN4O5S/c1-15(23(31)28-10-3-4-20(14-28)26-16(2)30)29-11-9-22(24(29)32)27-35(33,34)21-8-6-17-12-19(25)7-5-18(17)13-21/h5-8,12-13,15,20,22-23,27,31H,3-4,9-11,14H2,1-2H3,(H,26,30)/t15-,20?,22-,23?/m0/s1. The van der Waals surface area contributed by atoms with E-state index in [1.165, 1.54) is 17.9 Å². The summed E-state index contributed by atoms with van der Waals surface area (Å²) in [6.45, 7) is 4.72. The molecule has 2 aliphatic rings. The van der Waals surface area contributed by atoms with E-state index < -0.39 is 28.3 Å². The zero-order chi connectivity index (χ0) is 25.3. The highest BCUT2D eigenvalue weighted by atomic mass is 35.5. The molecule has 2 amide bonds. The lowest BCUT2D eigenvalue weighted by Crippen LogP contribution is -2.57. The molecule has 35 heavy (non-hydrogen) atoms. The SMILES string of the molecule is CC(=O)NC1CCCN(C(O)[C@H](C)N2CC[C@H](NS(=O)(=O)c3ccc4cc(Cl)ccc4c3)C2=O)C1. The molecular weight excluding hydrogens is 492 g/mol. The van der Waals surface area contributed by atoms with Gasteiger partial charge in [-0.05, 0) is 61.2 Å². The second-order valence-electron chi connectivity index (χ2n) is 9.34. The van der Waals surface area contributed by atoms with Gasteiger partial charge >= 0.3 is 0 Å². The van der Waals surface area contributed by atoms with E-state index in [2.05, 4.69) is 10.0 Å². The molecule has 0 radical (unpaired) electrons. The Bertz CT molecular complexity index is 1220. The van der Waals surface area contributed by atoms with Crippen LogP contribution in [-0.2, 0) is 19.6 Å². The van der Waals surface area contributed by atoms with E-state index in [-0.39, 0.29) is 22.8 Å². The first-order valence-corrected chi connectivity index (χ1v) is 13.6. The number of nitrogens with zero attached hydrogens (tertiary/aromatic N) is 2. The third kappa shape index (κ3) is 5.78. The number of carbonyl (C=O) groups is 2. The van der Waals surface area contributed by atoms with Gasteiger partial charge in [0, 0.05) is 37.6 Å². The van der Waals surface area contributed by atoms with Crippen LogP contribution in [0.4, 0.5) is 0 Å². The predicted octanol–water partition coefficient (Wildman–Crippen LogP) is 1.68. The van der Waals surface area contributed by atoms with Crippen molar-refractivity contribution in [2.45, 2.75) is 62.4 Å². The quantitative estimate of drug-likeness (QED) is 0.509. The number of amides is 2. The van der Waals surface area contributed by atoms with Crippen LogP contribution >= 0.6 is 11.6 Å². The highest BCUT2D eigenvalue weighted by Gasteiger charge is 2.40. The van der Waals surface area contributed by atoms with Crippen molar-refractivity contribution in [1.82, 2.24) is 19.8 Å². The van der Waals surface area contributed by atoms with Crippen LogP contribution in [0.2, 0.25) is 5.02 Å². The van der Waals surface area contributed by atoms with Gasteiger partial charge in [0.25, 0.3) is 0 Å². The number of likely N-dealkylation sites (tertiary alicyclic amines) is 2. The third-order valence-corrected chi connectivity index (χ3v) is 8.48. The van der Waals surface area contributed by atoms with Gasteiger partial charge in [0.2, 0.25) is 21.8 Å². The topological polar surface area (TPSA) is 119 Å². The van der Waals surface area contributed by atoms with Crippen LogP contribution in [0, 0.1) is 0 Å². The Morgan fingerprint density at radius 2 is 1.86 bits per heavy atom. The lowest BCUT2D eigenvalue weighted by atomic mass is 10.0. The second kappa shape index (κ2) is 10.4. The van der Waals surface area contributed by atoms with Crippen LogP contribution in [0.5, 0.6) is 0 Å². The van der Waals surface area contributed by atoms with Crippen LogP contribution in [0.15, 0.2) is 41.3 Å². The number of sulfonamides is 1. The first-order valence-electron chi connectivity index (χ1n) is 11.8. The fourth-order valence-electron chi connectivity index (χ4n) is 4.95. The van der Waals surface area contributed by atoms with Crippen molar-refractivity contribution in [1.29, 1.82) is 0 Å². The van der Waals surface area contributed by atoms with Crippen LogP contribution in [0.1, 0.15) is 33.1 Å². The normalized spacial score (nSPS) is 23.4. The fraction of sp³-hybridized carbons (Fsp3) is 0.500. The molecule has 0 aromatic heterocycles. The highest BCUT2D eigenvalue weighted by molar-refractivity contribution is 7.89. The number of hydrogen-bond acceptors (Lipinski definition) is 6. The summed E-state index contributed by atoms with van der Waals surface area (Å²) in [5.41, 5.74) is 0. The molecule has 2 saturated heterocycles. The smallest absolute Gasteiger partial charge is 0.241 e. The van der Waals surface area contributed by atoms with E-state index in [0.717, 1.165) is 23.6 Å². The summed E-state index contributed by atoms with van der Waals surface area (Å²) < 4.78 is 28.6. The molecule has 190 valence electrons. The van der Waals surface area contributed by atoms with E-state index in [4.69, 9.17) is 11.6 Å². The maximum atomic E-state index is 13.1. The molecule has 3 N–H and O–H groups in total. The summed E-state index contributed by atoms with van der Waals surface area (Å²) in [6.07, 6.45) is 1.06. The minimum Gasteiger partial charge on any atom is -0.376 e. The number of hydrogen-bond donors (Lipinski definition) is 3. The first-order chi connectivity index (χ1) is 16.5. The molecule has 0 aliphatic carbocycles. The van der Waals surface area contributed by atoms with Crippen LogP contribution in [-0.4, -0.2) is 79.1 Å². The van der Waals surface area contributed by atoms with Gasteiger partial charge in [0.1, 0.15) is 12.3 Å². The summed E-state index contributed by atoms with van der Waals surface area (Å²) in [6, 6.07) is 8.46. The van der Waals surface area contributed by atoms with E-state index in [9.17, 15) is 23.1 Å². The van der Waals surface area contributed by atoms with E-state index >= 15 is 0 Å². The number of aliphatic hydroxyl groups is 1. The average Bonchev–Trinajstić information content (AvgIpc) is 3.16. The summed E-state index contributed by atoms with van der Waals surface area (Å²) in [4.78, 5) is 28.0. The average molecular weight is 523 g/mol. The molecule has 0 bridgehead atoms. The minimum absolute atomic E-state index is 0.0464. The van der Waals surface area contributed by atoms with Crippen LogP contribution in [0.25, 0.3) is 10.8 Å². The predicted molar refractivity (Wildman–Crippen MR) is 133 cm³/mol. The summed E-state index contributed by atoms with van der Waals surface area (Å²) >= 11 is 6.01. The van der Waals surface area contributed by atoms with Crippen molar-refractivity contribution in [3.63, 3.8) is 0 Å². The Morgan fingerprint density at radius 1 is 1.14 bits per heavy atom. The molecule has 2 aliphatic heterocycles. The number of aliphatic hydroxyl groups excluding tert-OH is 1. The molecule has 9 nitrogen and oxygen atoms in total. The summed E-state index contributed by atoms with van der Waals surface area (Å²) in [5.74, 6) is -0.470. The van der Waals surface area contributed by atoms with E-state index in [1.807, 2.05) is 4.90 Å². The Labute approximate surface area is 210 Å². The number of rotatable bonds is 7. The Kier molecular flexibility index (Phi) is 7.68. The Morgan fingerprint density at radius 3 is 2.60 bits per heavy atom. The van der Waals surface area contributed by atoms with Gasteiger partial charge in [0.05, 0.1) is 10.9 Å². The lowest BCUT2D eigenvalue weighted by Gasteiger charge is -2.40. The molecule has 2 aromatic rings. The minimum atomic E-state index is -3.93. The van der Waals surface area contributed by atoms with E-state index in [1.54, 1.807) is 37.3 Å². The second-order valence-corrected chi connectivity index (χ2v) is 11.5. The number of piperidine rings is 1. The van der Waals surface area contributed by atoms with Gasteiger partial charge in [-0.25, -0.2) is 8.42 Å². The van der Waals surface area contributed by atoms with Gasteiger partial charge in [-0.3, -0.25) is 14.5 Å². The van der Waals surface area contributed by atoms with Gasteiger partial charge in [0.15, 0.2) is 0 Å². The number of carbonyl (C=O) groups excluding carboxylic acids is 2. The molecule has 2 heterocycles. The molecule has 0 spiro atoms. The third-order valence-electron chi connectivity index (χ3n) is 6.78. The number of nitrogens with one attached hydrogen (secondary N) is 2. The summed E-state index contributed by atoms with van der Waals surface area (Å²) in [7, 11) is -3.93. The number of benzene rings is 2. The maximum absolute atomic E-state index is 13.1. The number of fused-ring (bicyclic) bond motifs is 1. The Hall–Kier alpha value is -2.24. The van der Waals surface area contributed by atoms with E-state index in [0.29, 0.717) is 31.1 Å². The molecule has 2 aromatic carbocycles. The van der Waals surface area contributed by atoms with Crippen molar-refractivity contribution in [3.05, 3.63) is 41.4 Å². The molecule has 4 atom stereocenters. The lowest BCUT2D eigenvalue weighted by molar-refractivity contribution is -0.137. The summed E-state index contributed by atoms with van der Waals surface area (Å²) in [5, 5.41) is 16.0. The van der Waals surface area contributed by atoms with Crippen molar-refractivity contribution >= 4 is 44.2 Å². The largest absolute Gasteiger partial charge is 0.376 e.